The van der Waals surface area contributed by atoms with Gasteiger partial charge in [-0.1, -0.05) is 0 Å². The van der Waals surface area contributed by atoms with Gasteiger partial charge < -0.3 is 24.4 Å². The molecule has 0 saturated carbocycles. The average Bonchev–Trinajstić information content (AvgIpc) is 3.48. The summed E-state index contributed by atoms with van der Waals surface area (Å²) in [6.07, 6.45) is 0.787. The molecule has 1 amide bonds. The number of carbonyl (C=O) groups excluding carboxylic acids is 1. The molecule has 2 aromatic carbocycles. The molecule has 9 heteroatoms. The molecule has 32 heavy (non-hydrogen) atoms. The largest absolute Gasteiger partial charge is 0.493 e. The van der Waals surface area contributed by atoms with Crippen LogP contribution in [0.4, 0.5) is 10.2 Å². The molecule has 1 atom stereocenters. The molecule has 0 spiro atoms. The molecule has 0 radical (unpaired) electrons. The minimum Gasteiger partial charge on any atom is -0.493 e. The summed E-state index contributed by atoms with van der Waals surface area (Å²) in [4.78, 5) is 15.0. The van der Waals surface area contributed by atoms with E-state index in [4.69, 9.17) is 14.2 Å². The van der Waals surface area contributed by atoms with Crippen LogP contribution in [0.25, 0.3) is 11.3 Å². The predicted octanol–water partition coefficient (Wildman–Crippen LogP) is 3.25. The number of aromatic amines is 1. The number of hydrogen-bond donors (Lipinski definition) is 2. The van der Waals surface area contributed by atoms with Gasteiger partial charge in [0.05, 0.1) is 27.0 Å². The van der Waals surface area contributed by atoms with Crippen molar-refractivity contribution in [3.8, 4) is 28.5 Å². The highest BCUT2D eigenvalue weighted by molar-refractivity contribution is 5.96. The fourth-order valence-corrected chi connectivity index (χ4v) is 3.82. The molecule has 2 heterocycles. The predicted molar refractivity (Wildman–Crippen MR) is 118 cm³/mol. The number of aromatic nitrogens is 2. The lowest BCUT2D eigenvalue weighted by atomic mass is 10.1. The monoisotopic (exact) mass is 440 g/mol. The zero-order valence-electron chi connectivity index (χ0n) is 18.1. The number of rotatable bonds is 7. The summed E-state index contributed by atoms with van der Waals surface area (Å²) in [6.45, 7) is 1.39. The molecular formula is C23H25FN4O4. The summed E-state index contributed by atoms with van der Waals surface area (Å²) in [6, 6.07) is 11.4. The van der Waals surface area contributed by atoms with Gasteiger partial charge in [0.15, 0.2) is 17.3 Å². The molecule has 0 bridgehead atoms. The van der Waals surface area contributed by atoms with Crippen LogP contribution in [0.2, 0.25) is 0 Å². The molecule has 1 saturated heterocycles. The number of methoxy groups -OCH3 is 3. The zero-order chi connectivity index (χ0) is 22.7. The van der Waals surface area contributed by atoms with Crippen molar-refractivity contribution < 1.29 is 23.4 Å². The Morgan fingerprint density at radius 2 is 1.78 bits per heavy atom. The van der Waals surface area contributed by atoms with Gasteiger partial charge in [-0.25, -0.2) is 4.39 Å². The average molecular weight is 440 g/mol. The molecule has 8 nitrogen and oxygen atoms in total. The van der Waals surface area contributed by atoms with E-state index in [1.54, 1.807) is 24.3 Å². The fraction of sp³-hybridized carbons (Fsp3) is 0.304. The smallest absolute Gasteiger partial charge is 0.251 e. The van der Waals surface area contributed by atoms with E-state index in [1.807, 2.05) is 6.07 Å². The Balaban J connectivity index is 1.42. The van der Waals surface area contributed by atoms with Crippen LogP contribution in [-0.2, 0) is 0 Å². The number of amides is 1. The van der Waals surface area contributed by atoms with Crippen LogP contribution in [0.15, 0.2) is 42.5 Å². The summed E-state index contributed by atoms with van der Waals surface area (Å²) in [5.74, 6) is 1.58. The first-order valence-corrected chi connectivity index (χ1v) is 10.2. The number of halogens is 1. The first kappa shape index (κ1) is 21.5. The third-order valence-corrected chi connectivity index (χ3v) is 5.49. The van der Waals surface area contributed by atoms with Crippen molar-refractivity contribution in [3.05, 3.63) is 53.8 Å². The van der Waals surface area contributed by atoms with Crippen molar-refractivity contribution in [1.29, 1.82) is 0 Å². The summed E-state index contributed by atoms with van der Waals surface area (Å²) in [5.41, 5.74) is 2.10. The maximum absolute atomic E-state index is 13.2. The highest BCUT2D eigenvalue weighted by Crippen LogP contribution is 2.38. The molecule has 1 fully saturated rings. The Morgan fingerprint density at radius 3 is 2.41 bits per heavy atom. The van der Waals surface area contributed by atoms with Gasteiger partial charge >= 0.3 is 0 Å². The Morgan fingerprint density at radius 1 is 1.09 bits per heavy atom. The van der Waals surface area contributed by atoms with Crippen molar-refractivity contribution in [3.63, 3.8) is 0 Å². The van der Waals surface area contributed by atoms with Crippen molar-refractivity contribution in [2.24, 2.45) is 0 Å². The quantitative estimate of drug-likeness (QED) is 0.586. The number of benzene rings is 2. The minimum absolute atomic E-state index is 0.0347. The number of anilines is 1. The Kier molecular flexibility index (Phi) is 6.16. The normalized spacial score (nSPS) is 15.5. The second kappa shape index (κ2) is 9.17. The van der Waals surface area contributed by atoms with E-state index in [2.05, 4.69) is 20.4 Å². The fourth-order valence-electron chi connectivity index (χ4n) is 3.82. The van der Waals surface area contributed by atoms with Crippen LogP contribution in [0, 0.1) is 5.82 Å². The van der Waals surface area contributed by atoms with Crippen molar-refractivity contribution in [1.82, 2.24) is 15.5 Å². The topological polar surface area (TPSA) is 88.7 Å². The molecule has 1 unspecified atom stereocenters. The van der Waals surface area contributed by atoms with Gasteiger partial charge in [0.1, 0.15) is 5.82 Å². The van der Waals surface area contributed by atoms with E-state index in [-0.39, 0.29) is 17.8 Å². The molecule has 1 aliphatic rings. The maximum atomic E-state index is 13.2. The lowest BCUT2D eigenvalue weighted by Gasteiger charge is -2.17. The van der Waals surface area contributed by atoms with Crippen LogP contribution in [0.3, 0.4) is 0 Å². The molecule has 3 aromatic rings. The van der Waals surface area contributed by atoms with Gasteiger partial charge in [-0.15, -0.1) is 0 Å². The van der Waals surface area contributed by atoms with Crippen LogP contribution >= 0.6 is 0 Å². The lowest BCUT2D eigenvalue weighted by Crippen LogP contribution is -2.37. The summed E-state index contributed by atoms with van der Waals surface area (Å²) < 4.78 is 29.1. The molecule has 4 rings (SSSR count). The number of ether oxygens (including phenoxy) is 3. The van der Waals surface area contributed by atoms with Crippen LogP contribution in [0.5, 0.6) is 17.2 Å². The van der Waals surface area contributed by atoms with Gasteiger partial charge in [0.25, 0.3) is 5.91 Å². The van der Waals surface area contributed by atoms with Gasteiger partial charge in [-0.3, -0.25) is 9.89 Å². The number of hydrogen-bond acceptors (Lipinski definition) is 6. The van der Waals surface area contributed by atoms with Gasteiger partial charge in [0, 0.05) is 30.8 Å². The Labute approximate surface area is 185 Å². The summed E-state index contributed by atoms with van der Waals surface area (Å²) in [5, 5.41) is 10.4. The third kappa shape index (κ3) is 4.32. The highest BCUT2D eigenvalue weighted by Gasteiger charge is 2.27. The number of H-pyrrole nitrogens is 1. The highest BCUT2D eigenvalue weighted by atomic mass is 19.1. The zero-order valence-corrected chi connectivity index (χ0v) is 18.1. The van der Waals surface area contributed by atoms with Crippen molar-refractivity contribution in [2.45, 2.75) is 12.5 Å². The summed E-state index contributed by atoms with van der Waals surface area (Å²) in [7, 11) is 4.54. The van der Waals surface area contributed by atoms with Crippen LogP contribution in [0.1, 0.15) is 16.8 Å². The van der Waals surface area contributed by atoms with Gasteiger partial charge in [-0.2, -0.15) is 5.10 Å². The third-order valence-electron chi connectivity index (χ3n) is 5.49. The second-order valence-electron chi connectivity index (χ2n) is 7.47. The van der Waals surface area contributed by atoms with Crippen molar-refractivity contribution >= 4 is 11.7 Å². The first-order valence-electron chi connectivity index (χ1n) is 10.2. The molecule has 1 aliphatic heterocycles. The molecule has 0 aliphatic carbocycles. The van der Waals surface area contributed by atoms with E-state index >= 15 is 0 Å². The van der Waals surface area contributed by atoms with E-state index < -0.39 is 0 Å². The Bertz CT molecular complexity index is 1070. The second-order valence-corrected chi connectivity index (χ2v) is 7.47. The molecule has 1 aromatic heterocycles. The number of nitrogens with one attached hydrogen (secondary N) is 2. The SMILES string of the molecule is COc1cc(C(=O)NC2CCN(c3cc(-c4ccc(F)cc4)[nH]n3)C2)cc(OC)c1OC. The first-order chi connectivity index (χ1) is 15.5. The number of carbonyl (C=O) groups is 1. The van der Waals surface area contributed by atoms with E-state index in [0.717, 1.165) is 30.0 Å². The van der Waals surface area contributed by atoms with Gasteiger partial charge in [-0.05, 0) is 48.4 Å². The standard InChI is InChI=1S/C23H25FN4O4/c1-30-19-10-15(11-20(31-2)22(19)32-3)23(29)25-17-8-9-28(13-17)21-12-18(26-27-21)14-4-6-16(24)7-5-14/h4-7,10-12,17H,8-9,13H2,1-3H3,(H,25,29)(H,26,27). The van der Waals surface area contributed by atoms with E-state index in [9.17, 15) is 9.18 Å². The maximum Gasteiger partial charge on any atom is 0.251 e. The minimum atomic E-state index is -0.279. The molecular weight excluding hydrogens is 415 g/mol. The lowest BCUT2D eigenvalue weighted by molar-refractivity contribution is 0.0939. The van der Waals surface area contributed by atoms with Crippen LogP contribution < -0.4 is 24.4 Å². The van der Waals surface area contributed by atoms with E-state index in [1.165, 1.54) is 33.5 Å². The molecule has 2 N–H and O–H groups in total. The summed E-state index contributed by atoms with van der Waals surface area (Å²) >= 11 is 0. The Hall–Kier alpha value is -3.75. The van der Waals surface area contributed by atoms with E-state index in [0.29, 0.717) is 29.4 Å². The van der Waals surface area contributed by atoms with Crippen LogP contribution in [-0.4, -0.2) is 56.6 Å². The number of nitrogens with zero attached hydrogens (tertiary/aromatic N) is 2. The molecule has 168 valence electrons. The van der Waals surface area contributed by atoms with Gasteiger partial charge in [0.2, 0.25) is 5.75 Å². The van der Waals surface area contributed by atoms with Crippen molar-refractivity contribution in [2.75, 3.05) is 39.3 Å².